The second-order valence-electron chi connectivity index (χ2n) is 9.61. The van der Waals surface area contributed by atoms with Crippen molar-refractivity contribution in [2.24, 2.45) is 0 Å². The van der Waals surface area contributed by atoms with Crippen molar-refractivity contribution in [3.8, 4) is 5.75 Å². The van der Waals surface area contributed by atoms with E-state index in [1.165, 1.54) is 0 Å². The van der Waals surface area contributed by atoms with E-state index in [1.54, 1.807) is 36.7 Å². The highest BCUT2D eigenvalue weighted by molar-refractivity contribution is 5.94. The smallest absolute Gasteiger partial charge is 0.251 e. The van der Waals surface area contributed by atoms with Gasteiger partial charge < -0.3 is 25.0 Å². The molecule has 0 bridgehead atoms. The van der Waals surface area contributed by atoms with Gasteiger partial charge in [0.05, 0.1) is 12.1 Å². The summed E-state index contributed by atoms with van der Waals surface area (Å²) in [6, 6.07) is 10.8. The number of carbonyl (C=O) groups excluding carboxylic acids is 2. The Balaban J connectivity index is 1.14. The number of ether oxygens (including phenoxy) is 1. The number of anilines is 1. The highest BCUT2D eigenvalue weighted by atomic mass is 16.5. The van der Waals surface area contributed by atoms with E-state index < -0.39 is 5.60 Å². The van der Waals surface area contributed by atoms with Crippen LogP contribution in [0.3, 0.4) is 0 Å². The van der Waals surface area contributed by atoms with Crippen LogP contribution < -0.4 is 15.0 Å². The molecular weight excluding hydrogens is 458 g/mol. The van der Waals surface area contributed by atoms with Gasteiger partial charge in [-0.05, 0) is 56.2 Å². The van der Waals surface area contributed by atoms with Crippen LogP contribution in [0.4, 0.5) is 5.69 Å². The Morgan fingerprint density at radius 3 is 2.83 bits per heavy atom. The summed E-state index contributed by atoms with van der Waals surface area (Å²) < 4.78 is 5.72. The second-order valence-corrected chi connectivity index (χ2v) is 9.61. The van der Waals surface area contributed by atoms with Crippen molar-refractivity contribution in [1.29, 1.82) is 0 Å². The van der Waals surface area contributed by atoms with Crippen molar-refractivity contribution < 1.29 is 19.4 Å². The van der Waals surface area contributed by atoms with Gasteiger partial charge in [-0.25, -0.2) is 0 Å². The first-order chi connectivity index (χ1) is 17.4. The molecule has 1 aromatic carbocycles. The molecule has 2 aliphatic heterocycles. The lowest BCUT2D eigenvalue weighted by Gasteiger charge is -2.25. The molecule has 2 aliphatic rings. The Bertz CT molecular complexity index is 1260. The highest BCUT2D eigenvalue weighted by Crippen LogP contribution is 2.32. The number of hydrogen-bond acceptors (Lipinski definition) is 7. The fourth-order valence-electron chi connectivity index (χ4n) is 4.91. The topological polar surface area (TPSA) is 108 Å². The number of β-amino-alcohol motifs (C(OH)–C–C–N with tert-alkyl or cyclic N) is 1. The van der Waals surface area contributed by atoms with Crippen LogP contribution in [-0.4, -0.2) is 76.7 Å². The van der Waals surface area contributed by atoms with E-state index in [4.69, 9.17) is 4.74 Å². The average Bonchev–Trinajstić information content (AvgIpc) is 3.48. The molecule has 0 unspecified atom stereocenters. The van der Waals surface area contributed by atoms with Gasteiger partial charge in [0.2, 0.25) is 5.91 Å². The van der Waals surface area contributed by atoms with Crippen LogP contribution >= 0.6 is 0 Å². The molecule has 2 N–H and O–H groups in total. The van der Waals surface area contributed by atoms with Crippen molar-refractivity contribution in [3.05, 3.63) is 60.0 Å². The maximum atomic E-state index is 12.7. The summed E-state index contributed by atoms with van der Waals surface area (Å²) in [6.07, 6.45) is 5.60. The SMILES string of the molecule is Cc1cc(N2CC[C@](O)(CNC(=O)c3ccc(OCCN4CCCC4=O)cc3)C2)c2cnccc2n1. The first-order valence-electron chi connectivity index (χ1n) is 12.4. The van der Waals surface area contributed by atoms with Crippen molar-refractivity contribution >= 4 is 28.4 Å². The lowest BCUT2D eigenvalue weighted by molar-refractivity contribution is -0.128. The molecule has 2 saturated heterocycles. The number of nitrogens with one attached hydrogen (secondary N) is 1. The van der Waals surface area contributed by atoms with Crippen LogP contribution in [0.15, 0.2) is 48.8 Å². The summed E-state index contributed by atoms with van der Waals surface area (Å²) in [6.45, 7) is 4.98. The summed E-state index contributed by atoms with van der Waals surface area (Å²) in [7, 11) is 0. The van der Waals surface area contributed by atoms with E-state index in [2.05, 4.69) is 20.2 Å². The van der Waals surface area contributed by atoms with E-state index in [0.29, 0.717) is 50.4 Å². The van der Waals surface area contributed by atoms with Gasteiger partial charge in [-0.3, -0.25) is 19.6 Å². The lowest BCUT2D eigenvalue weighted by atomic mass is 10.0. The van der Waals surface area contributed by atoms with Crippen molar-refractivity contribution in [3.63, 3.8) is 0 Å². The van der Waals surface area contributed by atoms with Crippen LogP contribution in [0, 0.1) is 6.92 Å². The minimum absolute atomic E-state index is 0.157. The second kappa shape index (κ2) is 10.1. The zero-order chi connectivity index (χ0) is 25.1. The molecule has 5 rings (SSSR count). The summed E-state index contributed by atoms with van der Waals surface area (Å²) >= 11 is 0. The molecule has 9 heteroatoms. The van der Waals surface area contributed by atoms with Crippen molar-refractivity contribution in [1.82, 2.24) is 20.2 Å². The van der Waals surface area contributed by atoms with Gasteiger partial charge >= 0.3 is 0 Å². The number of aryl methyl sites for hydroxylation is 1. The molecule has 4 heterocycles. The molecule has 36 heavy (non-hydrogen) atoms. The Morgan fingerprint density at radius 2 is 2.06 bits per heavy atom. The zero-order valence-corrected chi connectivity index (χ0v) is 20.4. The highest BCUT2D eigenvalue weighted by Gasteiger charge is 2.37. The number of carbonyl (C=O) groups is 2. The van der Waals surface area contributed by atoms with E-state index in [-0.39, 0.29) is 18.4 Å². The minimum atomic E-state index is -1.03. The third kappa shape index (κ3) is 5.26. The third-order valence-corrected chi connectivity index (χ3v) is 6.89. The maximum Gasteiger partial charge on any atom is 0.251 e. The van der Waals surface area contributed by atoms with Gasteiger partial charge in [0.25, 0.3) is 5.91 Å². The van der Waals surface area contributed by atoms with Crippen LogP contribution in [-0.2, 0) is 4.79 Å². The van der Waals surface area contributed by atoms with Gasteiger partial charge in [-0.2, -0.15) is 0 Å². The molecule has 9 nitrogen and oxygen atoms in total. The number of benzene rings is 1. The number of rotatable bonds is 8. The summed E-state index contributed by atoms with van der Waals surface area (Å²) in [5.74, 6) is 0.585. The van der Waals surface area contributed by atoms with Gasteiger partial charge in [0.15, 0.2) is 0 Å². The van der Waals surface area contributed by atoms with Crippen molar-refractivity contribution in [2.45, 2.75) is 31.8 Å². The van der Waals surface area contributed by atoms with Crippen LogP contribution in [0.25, 0.3) is 10.9 Å². The Morgan fingerprint density at radius 1 is 1.22 bits per heavy atom. The molecule has 0 radical (unpaired) electrons. The first kappa shape index (κ1) is 24.0. The fourth-order valence-corrected chi connectivity index (χ4v) is 4.91. The average molecular weight is 490 g/mol. The van der Waals surface area contributed by atoms with E-state index in [0.717, 1.165) is 35.2 Å². The number of amides is 2. The molecule has 2 amide bonds. The van der Waals surface area contributed by atoms with E-state index in [1.807, 2.05) is 24.0 Å². The molecule has 2 fully saturated rings. The summed E-state index contributed by atoms with van der Waals surface area (Å²) in [4.78, 5) is 37.1. The molecule has 3 aromatic rings. The molecule has 0 aliphatic carbocycles. The van der Waals surface area contributed by atoms with Gasteiger partial charge in [-0.1, -0.05) is 0 Å². The van der Waals surface area contributed by atoms with Gasteiger partial charge in [-0.15, -0.1) is 0 Å². The number of aliphatic hydroxyl groups is 1. The quantitative estimate of drug-likeness (QED) is 0.500. The fraction of sp³-hybridized carbons (Fsp3) is 0.407. The number of hydrogen-bond donors (Lipinski definition) is 2. The maximum absolute atomic E-state index is 12.7. The molecule has 0 spiro atoms. The van der Waals surface area contributed by atoms with E-state index in [9.17, 15) is 14.7 Å². The first-order valence-corrected chi connectivity index (χ1v) is 12.4. The number of likely N-dealkylation sites (tertiary alicyclic amines) is 1. The van der Waals surface area contributed by atoms with Gasteiger partial charge in [0.1, 0.15) is 18.0 Å². The Hall–Kier alpha value is -3.72. The van der Waals surface area contributed by atoms with Crippen LogP contribution in [0.1, 0.15) is 35.3 Å². The number of aromatic nitrogens is 2. The Kier molecular flexibility index (Phi) is 6.73. The van der Waals surface area contributed by atoms with Crippen molar-refractivity contribution in [2.75, 3.05) is 44.2 Å². The van der Waals surface area contributed by atoms with E-state index >= 15 is 0 Å². The van der Waals surface area contributed by atoms with Gasteiger partial charge in [0, 0.05) is 67.3 Å². The predicted octanol–water partition coefficient (Wildman–Crippen LogP) is 2.31. The normalized spacial score (nSPS) is 19.8. The molecule has 0 saturated carbocycles. The molecular formula is C27H31N5O4. The molecule has 188 valence electrons. The third-order valence-electron chi connectivity index (χ3n) is 6.89. The predicted molar refractivity (Wildman–Crippen MR) is 136 cm³/mol. The summed E-state index contributed by atoms with van der Waals surface area (Å²) in [5.41, 5.74) is 2.25. The largest absolute Gasteiger partial charge is 0.492 e. The lowest BCUT2D eigenvalue weighted by Crippen LogP contribution is -2.45. The number of fused-ring (bicyclic) bond motifs is 1. The number of pyridine rings is 2. The molecule has 1 atom stereocenters. The van der Waals surface area contributed by atoms with Crippen LogP contribution in [0.2, 0.25) is 0 Å². The minimum Gasteiger partial charge on any atom is -0.492 e. The monoisotopic (exact) mass is 489 g/mol. The number of nitrogens with zero attached hydrogens (tertiary/aromatic N) is 4. The van der Waals surface area contributed by atoms with Crippen LogP contribution in [0.5, 0.6) is 5.75 Å². The molecule has 2 aromatic heterocycles. The Labute approximate surface area is 210 Å². The standard InChI is InChI=1S/C27H31N5O4/c1-19-15-24(22-16-28-10-8-23(22)30-19)32-12-9-27(35,18-32)17-29-26(34)20-4-6-21(7-5-20)36-14-13-31-11-2-3-25(31)33/h4-8,10,15-16,35H,2-3,9,11-14,17-18H2,1H3,(H,29,34)/t27-/m0/s1. The zero-order valence-electron chi connectivity index (χ0n) is 20.4. The summed E-state index contributed by atoms with van der Waals surface area (Å²) in [5, 5.41) is 15.0.